The van der Waals surface area contributed by atoms with Crippen LogP contribution in [0.1, 0.15) is 25.7 Å². The number of carbonyl (C=O) groups is 2. The highest BCUT2D eigenvalue weighted by atomic mass is 16.4. The van der Waals surface area contributed by atoms with E-state index in [-0.39, 0.29) is 18.9 Å². The zero-order chi connectivity index (χ0) is 12.7. The molecule has 1 aliphatic heterocycles. The summed E-state index contributed by atoms with van der Waals surface area (Å²) in [7, 11) is 0. The van der Waals surface area contributed by atoms with Crippen molar-refractivity contribution < 1.29 is 19.8 Å². The molecule has 2 atom stereocenters. The molecule has 6 heteroatoms. The highest BCUT2D eigenvalue weighted by Crippen LogP contribution is 2.13. The maximum atomic E-state index is 11.4. The molecule has 1 saturated heterocycles. The van der Waals surface area contributed by atoms with Crippen LogP contribution in [0.2, 0.25) is 0 Å². The molecule has 0 aromatic carbocycles. The Morgan fingerprint density at radius 1 is 1.47 bits per heavy atom. The first kappa shape index (κ1) is 13.9. The van der Waals surface area contributed by atoms with Gasteiger partial charge in [-0.3, -0.25) is 4.79 Å². The number of carboxylic acid groups (broad SMARTS) is 1. The van der Waals surface area contributed by atoms with E-state index in [0.717, 1.165) is 25.9 Å². The van der Waals surface area contributed by atoms with Crippen molar-refractivity contribution in [3.63, 3.8) is 0 Å². The van der Waals surface area contributed by atoms with Gasteiger partial charge in [0.2, 0.25) is 5.91 Å². The predicted molar refractivity (Wildman–Crippen MR) is 61.5 cm³/mol. The Balaban J connectivity index is 2.02. The standard InChI is InChI=1S/C11H20N2O4/c14-9(11(16)17)4-6-13-10(15)2-1-8-3-5-12-7-8/h8-9,12,14H,1-7H2,(H,13,15)(H,16,17). The Morgan fingerprint density at radius 2 is 2.24 bits per heavy atom. The second-order valence-electron chi connectivity index (χ2n) is 4.39. The number of aliphatic hydroxyl groups is 1. The third kappa shape index (κ3) is 5.65. The summed E-state index contributed by atoms with van der Waals surface area (Å²) < 4.78 is 0. The Morgan fingerprint density at radius 3 is 2.82 bits per heavy atom. The zero-order valence-corrected chi connectivity index (χ0v) is 9.82. The summed E-state index contributed by atoms with van der Waals surface area (Å²) in [5.41, 5.74) is 0. The number of nitrogens with one attached hydrogen (secondary N) is 2. The van der Waals surface area contributed by atoms with E-state index in [1.807, 2.05) is 0 Å². The molecular weight excluding hydrogens is 224 g/mol. The van der Waals surface area contributed by atoms with Crippen LogP contribution in [0.5, 0.6) is 0 Å². The molecule has 0 aromatic rings. The molecule has 6 nitrogen and oxygen atoms in total. The molecule has 4 N–H and O–H groups in total. The maximum absolute atomic E-state index is 11.4. The average Bonchev–Trinajstić information content (AvgIpc) is 2.78. The fraction of sp³-hybridized carbons (Fsp3) is 0.818. The van der Waals surface area contributed by atoms with Crippen LogP contribution in [0, 0.1) is 5.92 Å². The molecule has 98 valence electrons. The van der Waals surface area contributed by atoms with E-state index in [4.69, 9.17) is 10.2 Å². The first-order valence-electron chi connectivity index (χ1n) is 5.98. The molecule has 0 radical (unpaired) electrons. The van der Waals surface area contributed by atoms with Gasteiger partial charge in [0.15, 0.2) is 6.10 Å². The fourth-order valence-electron chi connectivity index (χ4n) is 1.86. The Hall–Kier alpha value is -1.14. The van der Waals surface area contributed by atoms with Crippen LogP contribution in [-0.4, -0.2) is 47.8 Å². The topological polar surface area (TPSA) is 98.7 Å². The molecule has 1 amide bonds. The Bertz CT molecular complexity index is 264. The van der Waals surface area contributed by atoms with Gasteiger partial charge in [-0.2, -0.15) is 0 Å². The van der Waals surface area contributed by atoms with Gasteiger partial charge < -0.3 is 20.8 Å². The molecule has 2 unspecified atom stereocenters. The minimum atomic E-state index is -1.39. The quantitative estimate of drug-likeness (QED) is 0.476. The number of hydrogen-bond donors (Lipinski definition) is 4. The number of aliphatic carboxylic acids is 1. The summed E-state index contributed by atoms with van der Waals surface area (Å²) in [6.07, 6.45) is 1.10. The van der Waals surface area contributed by atoms with Crippen LogP contribution in [0.3, 0.4) is 0 Å². The molecule has 17 heavy (non-hydrogen) atoms. The summed E-state index contributed by atoms with van der Waals surface area (Å²) in [6.45, 7) is 2.21. The minimum absolute atomic E-state index is 0.0477. The van der Waals surface area contributed by atoms with Crippen molar-refractivity contribution in [2.24, 2.45) is 5.92 Å². The van der Waals surface area contributed by atoms with Crippen LogP contribution in [0.15, 0.2) is 0 Å². The van der Waals surface area contributed by atoms with Gasteiger partial charge in [-0.25, -0.2) is 4.79 Å². The monoisotopic (exact) mass is 244 g/mol. The van der Waals surface area contributed by atoms with Crippen molar-refractivity contribution in [3.05, 3.63) is 0 Å². The van der Waals surface area contributed by atoms with E-state index in [1.165, 1.54) is 0 Å². The van der Waals surface area contributed by atoms with Crippen molar-refractivity contribution in [2.75, 3.05) is 19.6 Å². The Labute approximate surface area is 100 Å². The van der Waals surface area contributed by atoms with Gasteiger partial charge in [-0.15, -0.1) is 0 Å². The first-order valence-corrected chi connectivity index (χ1v) is 5.98. The lowest BCUT2D eigenvalue weighted by atomic mass is 10.0. The first-order chi connectivity index (χ1) is 8.09. The van der Waals surface area contributed by atoms with Gasteiger partial charge in [-0.1, -0.05) is 0 Å². The highest BCUT2D eigenvalue weighted by molar-refractivity contribution is 5.76. The summed E-state index contributed by atoms with van der Waals surface area (Å²) in [6, 6.07) is 0. The molecular formula is C11H20N2O4. The third-order valence-electron chi connectivity index (χ3n) is 2.97. The highest BCUT2D eigenvalue weighted by Gasteiger charge is 2.16. The van der Waals surface area contributed by atoms with Crippen molar-refractivity contribution in [2.45, 2.75) is 31.8 Å². The van der Waals surface area contributed by atoms with Crippen LogP contribution >= 0.6 is 0 Å². The van der Waals surface area contributed by atoms with E-state index in [1.54, 1.807) is 0 Å². The molecule has 1 rings (SSSR count). The summed E-state index contributed by atoms with van der Waals surface area (Å²) in [5, 5.41) is 23.3. The summed E-state index contributed by atoms with van der Waals surface area (Å²) in [5.74, 6) is -0.754. The van der Waals surface area contributed by atoms with Crippen LogP contribution in [0.25, 0.3) is 0 Å². The van der Waals surface area contributed by atoms with E-state index in [2.05, 4.69) is 10.6 Å². The van der Waals surface area contributed by atoms with Crippen LogP contribution in [0.4, 0.5) is 0 Å². The average molecular weight is 244 g/mol. The normalized spacial score (nSPS) is 21.1. The smallest absolute Gasteiger partial charge is 0.332 e. The number of rotatable bonds is 7. The van der Waals surface area contributed by atoms with E-state index >= 15 is 0 Å². The second-order valence-corrected chi connectivity index (χ2v) is 4.39. The molecule has 0 aromatic heterocycles. The number of aliphatic hydroxyl groups excluding tert-OH is 1. The second kappa shape index (κ2) is 7.24. The zero-order valence-electron chi connectivity index (χ0n) is 9.82. The van der Waals surface area contributed by atoms with E-state index in [0.29, 0.717) is 12.3 Å². The van der Waals surface area contributed by atoms with E-state index < -0.39 is 12.1 Å². The fourth-order valence-corrected chi connectivity index (χ4v) is 1.86. The van der Waals surface area contributed by atoms with Gasteiger partial charge in [0, 0.05) is 19.4 Å². The number of hydrogen-bond acceptors (Lipinski definition) is 4. The summed E-state index contributed by atoms with van der Waals surface area (Å²) >= 11 is 0. The Kier molecular flexibility index (Phi) is 5.93. The summed E-state index contributed by atoms with van der Waals surface area (Å²) in [4.78, 5) is 21.7. The molecule has 0 bridgehead atoms. The van der Waals surface area contributed by atoms with Crippen molar-refractivity contribution in [3.8, 4) is 0 Å². The predicted octanol–water partition coefficient (Wildman–Crippen LogP) is -0.672. The SMILES string of the molecule is O=C(CCC1CCNC1)NCCC(O)C(=O)O. The molecule has 0 spiro atoms. The molecule has 0 aliphatic carbocycles. The lowest BCUT2D eigenvalue weighted by Gasteiger charge is -2.09. The van der Waals surface area contributed by atoms with Gasteiger partial charge in [-0.05, 0) is 31.8 Å². The molecule has 1 aliphatic rings. The van der Waals surface area contributed by atoms with Crippen LogP contribution < -0.4 is 10.6 Å². The number of carboxylic acids is 1. The molecule has 1 heterocycles. The van der Waals surface area contributed by atoms with Gasteiger partial charge in [0.1, 0.15) is 0 Å². The van der Waals surface area contributed by atoms with Crippen molar-refractivity contribution in [1.82, 2.24) is 10.6 Å². The van der Waals surface area contributed by atoms with Crippen LogP contribution in [-0.2, 0) is 9.59 Å². The molecule has 0 saturated carbocycles. The third-order valence-corrected chi connectivity index (χ3v) is 2.97. The van der Waals surface area contributed by atoms with Gasteiger partial charge >= 0.3 is 5.97 Å². The lowest BCUT2D eigenvalue weighted by Crippen LogP contribution is -2.30. The van der Waals surface area contributed by atoms with Crippen molar-refractivity contribution in [1.29, 1.82) is 0 Å². The lowest BCUT2D eigenvalue weighted by molar-refractivity contribution is -0.147. The number of amides is 1. The maximum Gasteiger partial charge on any atom is 0.332 e. The van der Waals surface area contributed by atoms with Gasteiger partial charge in [0.25, 0.3) is 0 Å². The minimum Gasteiger partial charge on any atom is -0.479 e. The van der Waals surface area contributed by atoms with E-state index in [9.17, 15) is 9.59 Å². The van der Waals surface area contributed by atoms with Crippen molar-refractivity contribution >= 4 is 11.9 Å². The van der Waals surface area contributed by atoms with Gasteiger partial charge in [0.05, 0.1) is 0 Å². The largest absolute Gasteiger partial charge is 0.479 e. The number of carbonyl (C=O) groups excluding carboxylic acids is 1. The molecule has 1 fully saturated rings.